The summed E-state index contributed by atoms with van der Waals surface area (Å²) in [5.41, 5.74) is 2.12. The number of halogens is 1. The molecule has 136 valence electrons. The highest BCUT2D eigenvalue weighted by Gasteiger charge is 2.11. The van der Waals surface area contributed by atoms with Gasteiger partial charge >= 0.3 is 0 Å². The molecular weight excluding hydrogens is 390 g/mol. The third-order valence-corrected chi connectivity index (χ3v) is 5.28. The van der Waals surface area contributed by atoms with Crippen LogP contribution in [0.25, 0.3) is 10.8 Å². The number of benzene rings is 2. The lowest BCUT2D eigenvalue weighted by Gasteiger charge is -2.18. The van der Waals surface area contributed by atoms with Gasteiger partial charge in [-0.1, -0.05) is 60.1 Å². The molecule has 5 heteroatoms. The van der Waals surface area contributed by atoms with E-state index in [4.69, 9.17) is 5.10 Å². The van der Waals surface area contributed by atoms with Gasteiger partial charge in [0.15, 0.2) is 0 Å². The molecule has 26 heavy (non-hydrogen) atoms. The summed E-state index contributed by atoms with van der Waals surface area (Å²) < 4.78 is 2.69. The number of fused-ring (bicyclic) bond motifs is 1. The number of nitrogens with zero attached hydrogens (tertiary/aromatic N) is 3. The van der Waals surface area contributed by atoms with Gasteiger partial charge in [0.2, 0.25) is 0 Å². The number of hydrogen-bond acceptors (Lipinski definition) is 3. The fraction of sp³-hybridized carbons (Fsp3) is 0.333. The van der Waals surface area contributed by atoms with Crippen LogP contribution in [0.15, 0.2) is 57.8 Å². The van der Waals surface area contributed by atoms with Gasteiger partial charge in [0.25, 0.3) is 5.56 Å². The zero-order valence-corrected chi connectivity index (χ0v) is 16.9. The molecule has 0 saturated carbocycles. The van der Waals surface area contributed by atoms with Crippen molar-refractivity contribution in [2.75, 3.05) is 19.6 Å². The van der Waals surface area contributed by atoms with Crippen LogP contribution < -0.4 is 5.56 Å². The Kier molecular flexibility index (Phi) is 6.22. The van der Waals surface area contributed by atoms with Crippen molar-refractivity contribution in [2.45, 2.75) is 26.8 Å². The highest BCUT2D eigenvalue weighted by Crippen LogP contribution is 2.18. The molecule has 2 aromatic carbocycles. The fourth-order valence-electron chi connectivity index (χ4n) is 3.16. The van der Waals surface area contributed by atoms with Crippen LogP contribution in [-0.2, 0) is 13.0 Å². The molecule has 0 N–H and O–H groups in total. The van der Waals surface area contributed by atoms with E-state index < -0.39 is 0 Å². The highest BCUT2D eigenvalue weighted by atomic mass is 79.9. The molecule has 1 aromatic heterocycles. The summed E-state index contributed by atoms with van der Waals surface area (Å²) >= 11 is 3.47. The monoisotopic (exact) mass is 413 g/mol. The normalized spacial score (nSPS) is 11.4. The molecule has 0 radical (unpaired) electrons. The zero-order chi connectivity index (χ0) is 18.5. The van der Waals surface area contributed by atoms with Crippen LogP contribution in [0.3, 0.4) is 0 Å². The number of likely N-dealkylation sites (N-methyl/N-ethyl adjacent to an activating group) is 1. The van der Waals surface area contributed by atoms with Crippen molar-refractivity contribution in [1.29, 1.82) is 0 Å². The van der Waals surface area contributed by atoms with Crippen molar-refractivity contribution in [2.24, 2.45) is 0 Å². The minimum Gasteiger partial charge on any atom is -0.302 e. The van der Waals surface area contributed by atoms with Crippen LogP contribution in [0.2, 0.25) is 0 Å². The van der Waals surface area contributed by atoms with Gasteiger partial charge in [-0.15, -0.1) is 0 Å². The van der Waals surface area contributed by atoms with E-state index in [1.165, 1.54) is 5.56 Å². The molecule has 0 atom stereocenters. The first kappa shape index (κ1) is 18.8. The van der Waals surface area contributed by atoms with Crippen LogP contribution >= 0.6 is 15.9 Å². The first-order chi connectivity index (χ1) is 12.6. The van der Waals surface area contributed by atoms with Crippen molar-refractivity contribution >= 4 is 26.7 Å². The second-order valence-electron chi connectivity index (χ2n) is 6.35. The van der Waals surface area contributed by atoms with Crippen molar-refractivity contribution in [3.05, 3.63) is 74.6 Å². The molecule has 0 fully saturated rings. The first-order valence-electron chi connectivity index (χ1n) is 9.08. The quantitative estimate of drug-likeness (QED) is 0.585. The lowest BCUT2D eigenvalue weighted by Crippen LogP contribution is -2.32. The molecule has 0 amide bonds. The smallest absolute Gasteiger partial charge is 0.274 e. The van der Waals surface area contributed by atoms with Gasteiger partial charge in [-0.3, -0.25) is 4.79 Å². The average molecular weight is 414 g/mol. The Bertz CT molecular complexity index is 930. The lowest BCUT2D eigenvalue weighted by atomic mass is 10.0. The van der Waals surface area contributed by atoms with E-state index >= 15 is 0 Å². The topological polar surface area (TPSA) is 38.1 Å². The van der Waals surface area contributed by atoms with Crippen molar-refractivity contribution in [1.82, 2.24) is 14.7 Å². The van der Waals surface area contributed by atoms with Crippen LogP contribution in [0, 0.1) is 0 Å². The largest absolute Gasteiger partial charge is 0.302 e. The second-order valence-corrected chi connectivity index (χ2v) is 7.27. The molecule has 0 bridgehead atoms. The maximum atomic E-state index is 12.8. The minimum absolute atomic E-state index is 0.00712. The Morgan fingerprint density at radius 2 is 1.65 bits per heavy atom. The lowest BCUT2D eigenvalue weighted by molar-refractivity contribution is 0.282. The van der Waals surface area contributed by atoms with E-state index in [-0.39, 0.29) is 5.56 Å². The van der Waals surface area contributed by atoms with Gasteiger partial charge in [0.05, 0.1) is 17.6 Å². The Morgan fingerprint density at radius 1 is 1.00 bits per heavy atom. The first-order valence-corrected chi connectivity index (χ1v) is 9.87. The van der Waals surface area contributed by atoms with Gasteiger partial charge < -0.3 is 4.90 Å². The minimum atomic E-state index is -0.00712. The molecule has 0 unspecified atom stereocenters. The van der Waals surface area contributed by atoms with Gasteiger partial charge in [-0.05, 0) is 36.9 Å². The Labute approximate surface area is 162 Å². The Hall–Kier alpha value is -1.98. The summed E-state index contributed by atoms with van der Waals surface area (Å²) in [5.74, 6) is 0. The van der Waals surface area contributed by atoms with E-state index in [0.29, 0.717) is 13.0 Å². The Morgan fingerprint density at radius 3 is 2.31 bits per heavy atom. The number of rotatable bonds is 7. The predicted octanol–water partition coefficient (Wildman–Crippen LogP) is 4.09. The summed E-state index contributed by atoms with van der Waals surface area (Å²) in [7, 11) is 0. The SMILES string of the molecule is CCN(CC)CCn1nc(Cc2ccc(Br)cc2)c2ccccc2c1=O. The van der Waals surface area contributed by atoms with E-state index in [1.54, 1.807) is 4.68 Å². The molecule has 3 rings (SSSR count). The fourth-order valence-corrected chi connectivity index (χ4v) is 3.42. The summed E-state index contributed by atoms with van der Waals surface area (Å²) in [5, 5.41) is 6.41. The van der Waals surface area contributed by atoms with E-state index in [2.05, 4.69) is 46.8 Å². The second kappa shape index (κ2) is 8.60. The van der Waals surface area contributed by atoms with Crippen molar-refractivity contribution < 1.29 is 0 Å². The van der Waals surface area contributed by atoms with Gasteiger partial charge in [-0.2, -0.15) is 5.10 Å². The average Bonchev–Trinajstić information content (AvgIpc) is 2.67. The van der Waals surface area contributed by atoms with Gasteiger partial charge in [0, 0.05) is 22.8 Å². The molecule has 0 aliphatic heterocycles. The van der Waals surface area contributed by atoms with Gasteiger partial charge in [0.1, 0.15) is 0 Å². The zero-order valence-electron chi connectivity index (χ0n) is 15.3. The molecule has 0 aliphatic carbocycles. The van der Waals surface area contributed by atoms with Crippen LogP contribution in [0.4, 0.5) is 0 Å². The number of aromatic nitrogens is 2. The summed E-state index contributed by atoms with van der Waals surface area (Å²) in [6.07, 6.45) is 0.708. The molecule has 4 nitrogen and oxygen atoms in total. The molecule has 3 aromatic rings. The van der Waals surface area contributed by atoms with E-state index in [1.807, 2.05) is 36.4 Å². The summed E-state index contributed by atoms with van der Waals surface area (Å²) in [6.45, 7) is 7.67. The van der Waals surface area contributed by atoms with Crippen LogP contribution in [0.5, 0.6) is 0 Å². The third kappa shape index (κ3) is 4.22. The van der Waals surface area contributed by atoms with Crippen LogP contribution in [0.1, 0.15) is 25.1 Å². The molecule has 0 aliphatic rings. The van der Waals surface area contributed by atoms with Crippen LogP contribution in [-0.4, -0.2) is 34.3 Å². The summed E-state index contributed by atoms with van der Waals surface area (Å²) in [6, 6.07) is 16.0. The highest BCUT2D eigenvalue weighted by molar-refractivity contribution is 9.10. The standard InChI is InChI=1S/C21H24BrN3O/c1-3-24(4-2)13-14-25-21(26)19-8-6-5-7-18(19)20(23-25)15-16-9-11-17(22)12-10-16/h5-12H,3-4,13-15H2,1-2H3. The summed E-state index contributed by atoms with van der Waals surface area (Å²) in [4.78, 5) is 15.1. The van der Waals surface area contributed by atoms with Crippen molar-refractivity contribution in [3.63, 3.8) is 0 Å². The Balaban J connectivity index is 1.99. The maximum absolute atomic E-state index is 12.8. The molecular formula is C21H24BrN3O. The predicted molar refractivity (Wildman–Crippen MR) is 111 cm³/mol. The number of hydrogen-bond donors (Lipinski definition) is 0. The van der Waals surface area contributed by atoms with Gasteiger partial charge in [-0.25, -0.2) is 4.68 Å². The van der Waals surface area contributed by atoms with E-state index in [0.717, 1.165) is 40.6 Å². The van der Waals surface area contributed by atoms with Crippen molar-refractivity contribution in [3.8, 4) is 0 Å². The molecule has 0 saturated heterocycles. The van der Waals surface area contributed by atoms with E-state index in [9.17, 15) is 4.79 Å². The maximum Gasteiger partial charge on any atom is 0.274 e. The molecule has 0 spiro atoms. The third-order valence-electron chi connectivity index (χ3n) is 4.75. The molecule has 1 heterocycles.